The first-order valence-corrected chi connectivity index (χ1v) is 6.32. The van der Waals surface area contributed by atoms with Crippen molar-refractivity contribution in [2.45, 2.75) is 13.1 Å². The highest BCUT2D eigenvalue weighted by atomic mass is 19.4. The van der Waals surface area contributed by atoms with E-state index < -0.39 is 23.0 Å². The third-order valence-electron chi connectivity index (χ3n) is 3.19. The van der Waals surface area contributed by atoms with E-state index in [1.165, 1.54) is 32.2 Å². The predicted octanol–water partition coefficient (Wildman–Crippen LogP) is 3.18. The maximum Gasteiger partial charge on any atom is 0.425 e. The number of methoxy groups -OCH3 is 2. The van der Waals surface area contributed by atoms with Crippen LogP contribution >= 0.6 is 0 Å². The van der Waals surface area contributed by atoms with E-state index in [1.54, 1.807) is 12.1 Å². The molecule has 0 spiro atoms. The molecule has 0 fully saturated rings. The molecule has 2 aromatic rings. The summed E-state index contributed by atoms with van der Waals surface area (Å²) in [5, 5.41) is 0. The van der Waals surface area contributed by atoms with Crippen LogP contribution in [0.1, 0.15) is 11.3 Å². The molecule has 1 aromatic carbocycles. The van der Waals surface area contributed by atoms with Crippen molar-refractivity contribution >= 4 is 0 Å². The third-order valence-corrected chi connectivity index (χ3v) is 3.19. The van der Waals surface area contributed by atoms with Gasteiger partial charge in [-0.2, -0.15) is 13.2 Å². The minimum Gasteiger partial charge on any atom is -0.497 e. The zero-order chi connectivity index (χ0) is 16.5. The first-order chi connectivity index (χ1) is 10.3. The maximum absolute atomic E-state index is 13.1. The van der Waals surface area contributed by atoms with Gasteiger partial charge in [-0.3, -0.25) is 9.36 Å². The van der Waals surface area contributed by atoms with E-state index >= 15 is 0 Å². The quantitative estimate of drug-likeness (QED) is 0.874. The summed E-state index contributed by atoms with van der Waals surface area (Å²) in [5.41, 5.74) is -1.84. The Morgan fingerprint density at radius 1 is 1.05 bits per heavy atom. The van der Waals surface area contributed by atoms with Crippen LogP contribution in [0.5, 0.6) is 11.5 Å². The summed E-state index contributed by atoms with van der Waals surface area (Å²) in [7, 11) is 2.57. The molecule has 0 atom stereocenters. The second-order valence-corrected chi connectivity index (χ2v) is 4.57. The number of ether oxygens (including phenoxy) is 2. The van der Waals surface area contributed by atoms with Crippen molar-refractivity contribution in [2.24, 2.45) is 0 Å². The first kappa shape index (κ1) is 15.9. The molecule has 1 aromatic heterocycles. The lowest BCUT2D eigenvalue weighted by Crippen LogP contribution is -2.29. The minimum absolute atomic E-state index is 0.316. The van der Waals surface area contributed by atoms with Crippen molar-refractivity contribution in [1.29, 1.82) is 0 Å². The highest BCUT2D eigenvalue weighted by Crippen LogP contribution is 2.34. The molecule has 0 aliphatic rings. The van der Waals surface area contributed by atoms with Crippen molar-refractivity contribution in [3.05, 3.63) is 51.9 Å². The Morgan fingerprint density at radius 2 is 1.64 bits per heavy atom. The number of alkyl halides is 3. The van der Waals surface area contributed by atoms with Gasteiger partial charge in [-0.15, -0.1) is 0 Å². The van der Waals surface area contributed by atoms with E-state index in [-0.39, 0.29) is 0 Å². The second-order valence-electron chi connectivity index (χ2n) is 4.57. The van der Waals surface area contributed by atoms with Crippen LogP contribution in [0.4, 0.5) is 13.2 Å². The fraction of sp³-hybridized carbons (Fsp3) is 0.267. The summed E-state index contributed by atoms with van der Waals surface area (Å²) in [6.45, 7) is 1.54. The zero-order valence-corrected chi connectivity index (χ0v) is 12.2. The van der Waals surface area contributed by atoms with Crippen LogP contribution in [0.25, 0.3) is 5.69 Å². The van der Waals surface area contributed by atoms with E-state index in [0.29, 0.717) is 17.1 Å². The average Bonchev–Trinajstić information content (AvgIpc) is 2.45. The number of halogens is 3. The van der Waals surface area contributed by atoms with Gasteiger partial charge in [0, 0.05) is 17.4 Å². The summed E-state index contributed by atoms with van der Waals surface area (Å²) in [4.78, 5) is 12.3. The van der Waals surface area contributed by atoms with Crippen molar-refractivity contribution in [2.75, 3.05) is 14.2 Å². The lowest BCUT2D eigenvalue weighted by molar-refractivity contribution is -0.140. The predicted molar refractivity (Wildman–Crippen MR) is 74.9 cm³/mol. The monoisotopic (exact) mass is 313 g/mol. The molecular formula is C15H14F3NO3. The van der Waals surface area contributed by atoms with Gasteiger partial charge in [0.1, 0.15) is 11.5 Å². The number of pyridine rings is 1. The molecule has 4 nitrogen and oxygen atoms in total. The number of nitrogens with zero attached hydrogens (tertiary/aromatic N) is 1. The molecule has 0 saturated heterocycles. The molecule has 0 unspecified atom stereocenters. The standard InChI is InChI=1S/C15H14F3NO3/c1-9-8-12(22-3)13(15(16,17)18)14(20)19(9)10-4-6-11(21-2)7-5-10/h4-8H,1-3H3. The summed E-state index contributed by atoms with van der Waals surface area (Å²) >= 11 is 0. The number of hydrogen-bond acceptors (Lipinski definition) is 3. The zero-order valence-electron chi connectivity index (χ0n) is 12.2. The van der Waals surface area contributed by atoms with Gasteiger partial charge in [0.15, 0.2) is 5.56 Å². The summed E-state index contributed by atoms with van der Waals surface area (Å²) in [6, 6.07) is 7.35. The Labute approximate surface area is 124 Å². The number of rotatable bonds is 3. The van der Waals surface area contributed by atoms with Gasteiger partial charge in [-0.25, -0.2) is 0 Å². The van der Waals surface area contributed by atoms with E-state index in [1.807, 2.05) is 0 Å². The van der Waals surface area contributed by atoms with Crippen molar-refractivity contribution in [3.8, 4) is 17.2 Å². The Balaban J connectivity index is 2.73. The SMILES string of the molecule is COc1ccc(-n2c(C)cc(OC)c(C(F)(F)F)c2=O)cc1. The molecule has 0 saturated carbocycles. The molecule has 0 aliphatic heterocycles. The third kappa shape index (κ3) is 2.79. The van der Waals surface area contributed by atoms with E-state index in [2.05, 4.69) is 0 Å². The summed E-state index contributed by atoms with van der Waals surface area (Å²) < 4.78 is 50.1. The van der Waals surface area contributed by atoms with Gasteiger partial charge in [0.2, 0.25) is 0 Å². The largest absolute Gasteiger partial charge is 0.497 e. The lowest BCUT2D eigenvalue weighted by atomic mass is 10.2. The fourth-order valence-electron chi connectivity index (χ4n) is 2.18. The second kappa shape index (κ2) is 5.75. The molecule has 0 radical (unpaired) electrons. The van der Waals surface area contributed by atoms with Gasteiger partial charge in [-0.1, -0.05) is 0 Å². The molecule has 1 heterocycles. The Hall–Kier alpha value is -2.44. The minimum atomic E-state index is -4.80. The van der Waals surface area contributed by atoms with Gasteiger partial charge < -0.3 is 9.47 Å². The highest BCUT2D eigenvalue weighted by molar-refractivity contribution is 5.44. The highest BCUT2D eigenvalue weighted by Gasteiger charge is 2.39. The molecule has 0 bridgehead atoms. The number of hydrogen-bond donors (Lipinski definition) is 0. The summed E-state index contributed by atoms with van der Waals surface area (Å²) in [5.74, 6) is 0.0544. The molecule has 0 N–H and O–H groups in total. The Bertz CT molecular complexity index is 733. The fourth-order valence-corrected chi connectivity index (χ4v) is 2.18. The van der Waals surface area contributed by atoms with Crippen LogP contribution in [0.15, 0.2) is 35.1 Å². The molecule has 0 aliphatic carbocycles. The van der Waals surface area contributed by atoms with Crippen LogP contribution in [-0.2, 0) is 6.18 Å². The summed E-state index contributed by atoms with van der Waals surface area (Å²) in [6.07, 6.45) is -4.80. The smallest absolute Gasteiger partial charge is 0.425 e. The van der Waals surface area contributed by atoms with Gasteiger partial charge >= 0.3 is 6.18 Å². The van der Waals surface area contributed by atoms with E-state index in [4.69, 9.17) is 9.47 Å². The van der Waals surface area contributed by atoms with Crippen LogP contribution < -0.4 is 15.0 Å². The number of aryl methyl sites for hydroxylation is 1. The first-order valence-electron chi connectivity index (χ1n) is 6.32. The van der Waals surface area contributed by atoms with E-state index in [9.17, 15) is 18.0 Å². The Morgan fingerprint density at radius 3 is 2.09 bits per heavy atom. The number of aromatic nitrogens is 1. The molecule has 2 rings (SSSR count). The van der Waals surface area contributed by atoms with E-state index in [0.717, 1.165) is 11.7 Å². The Kier molecular flexibility index (Phi) is 4.16. The van der Waals surface area contributed by atoms with Crippen LogP contribution in [0.3, 0.4) is 0 Å². The molecular weight excluding hydrogens is 299 g/mol. The molecule has 22 heavy (non-hydrogen) atoms. The van der Waals surface area contributed by atoms with Crippen LogP contribution in [-0.4, -0.2) is 18.8 Å². The average molecular weight is 313 g/mol. The van der Waals surface area contributed by atoms with Gasteiger partial charge in [0.05, 0.1) is 14.2 Å². The van der Waals surface area contributed by atoms with Gasteiger partial charge in [0.25, 0.3) is 5.56 Å². The molecule has 118 valence electrons. The van der Waals surface area contributed by atoms with Crippen molar-refractivity contribution in [1.82, 2.24) is 4.57 Å². The lowest BCUT2D eigenvalue weighted by Gasteiger charge is -2.17. The molecule has 0 amide bonds. The van der Waals surface area contributed by atoms with Gasteiger partial charge in [-0.05, 0) is 31.2 Å². The molecule has 7 heteroatoms. The van der Waals surface area contributed by atoms with Crippen LogP contribution in [0, 0.1) is 6.92 Å². The normalized spacial score (nSPS) is 11.4. The topological polar surface area (TPSA) is 40.5 Å². The number of benzene rings is 1. The van der Waals surface area contributed by atoms with Crippen molar-refractivity contribution in [3.63, 3.8) is 0 Å². The maximum atomic E-state index is 13.1. The van der Waals surface area contributed by atoms with Crippen molar-refractivity contribution < 1.29 is 22.6 Å². The van der Waals surface area contributed by atoms with Crippen LogP contribution in [0.2, 0.25) is 0 Å².